The molecule has 0 radical (unpaired) electrons. The van der Waals surface area contributed by atoms with Crippen LogP contribution in [-0.2, 0) is 11.2 Å². The number of hydrogen-bond acceptors (Lipinski definition) is 3. The van der Waals surface area contributed by atoms with Gasteiger partial charge in [0.05, 0.1) is 18.8 Å². The van der Waals surface area contributed by atoms with Crippen molar-refractivity contribution in [3.05, 3.63) is 59.9 Å². The van der Waals surface area contributed by atoms with Gasteiger partial charge in [-0.2, -0.15) is 0 Å². The number of benzene rings is 2. The molecule has 0 unspecified atom stereocenters. The van der Waals surface area contributed by atoms with Crippen LogP contribution in [-0.4, -0.2) is 37.0 Å². The number of para-hydroxylation sites is 1. The highest BCUT2D eigenvalue weighted by molar-refractivity contribution is 5.94. The molecule has 1 aliphatic heterocycles. The van der Waals surface area contributed by atoms with Gasteiger partial charge in [0.15, 0.2) is 0 Å². The Bertz CT molecular complexity index is 770. The SMILES string of the molecule is COc1ccc(CCC2CCN([C@H](C)C(=O)Nc3ccccc3F)CC2)cc1. The predicted octanol–water partition coefficient (Wildman–Crippen LogP) is 4.51. The molecular weight excluding hydrogens is 355 g/mol. The predicted molar refractivity (Wildman–Crippen MR) is 110 cm³/mol. The smallest absolute Gasteiger partial charge is 0.241 e. The van der Waals surface area contributed by atoms with Crippen molar-refractivity contribution in [1.29, 1.82) is 0 Å². The van der Waals surface area contributed by atoms with E-state index in [0.717, 1.165) is 44.5 Å². The van der Waals surface area contributed by atoms with Crippen molar-refractivity contribution < 1.29 is 13.9 Å². The molecule has 2 aromatic rings. The molecule has 2 aromatic carbocycles. The van der Waals surface area contributed by atoms with Crippen LogP contribution in [0.1, 0.15) is 31.7 Å². The molecule has 0 spiro atoms. The molecule has 1 N–H and O–H groups in total. The lowest BCUT2D eigenvalue weighted by Crippen LogP contribution is -2.46. The summed E-state index contributed by atoms with van der Waals surface area (Å²) >= 11 is 0. The Morgan fingerprint density at radius 1 is 1.18 bits per heavy atom. The van der Waals surface area contributed by atoms with E-state index >= 15 is 0 Å². The fourth-order valence-electron chi connectivity index (χ4n) is 3.76. The van der Waals surface area contributed by atoms with Gasteiger partial charge in [0.25, 0.3) is 0 Å². The zero-order chi connectivity index (χ0) is 19.9. The second-order valence-electron chi connectivity index (χ2n) is 7.51. The molecule has 1 heterocycles. The number of methoxy groups -OCH3 is 1. The number of likely N-dealkylation sites (tertiary alicyclic amines) is 1. The summed E-state index contributed by atoms with van der Waals surface area (Å²) in [5.41, 5.74) is 1.58. The van der Waals surface area contributed by atoms with Crippen molar-refractivity contribution in [2.75, 3.05) is 25.5 Å². The van der Waals surface area contributed by atoms with Crippen LogP contribution in [0, 0.1) is 11.7 Å². The van der Waals surface area contributed by atoms with Gasteiger partial charge in [-0.3, -0.25) is 9.69 Å². The Morgan fingerprint density at radius 2 is 1.86 bits per heavy atom. The summed E-state index contributed by atoms with van der Waals surface area (Å²) in [6, 6.07) is 14.3. The fourth-order valence-corrected chi connectivity index (χ4v) is 3.76. The molecule has 28 heavy (non-hydrogen) atoms. The van der Waals surface area contributed by atoms with E-state index in [1.165, 1.54) is 11.6 Å². The van der Waals surface area contributed by atoms with Gasteiger partial charge < -0.3 is 10.1 Å². The first-order valence-corrected chi connectivity index (χ1v) is 9.99. The van der Waals surface area contributed by atoms with E-state index in [0.29, 0.717) is 5.92 Å². The topological polar surface area (TPSA) is 41.6 Å². The molecule has 3 rings (SSSR count). The summed E-state index contributed by atoms with van der Waals surface area (Å²) < 4.78 is 18.9. The third-order valence-corrected chi connectivity index (χ3v) is 5.71. The van der Waals surface area contributed by atoms with Gasteiger partial charge in [-0.1, -0.05) is 24.3 Å². The highest BCUT2D eigenvalue weighted by atomic mass is 19.1. The summed E-state index contributed by atoms with van der Waals surface area (Å²) in [6.45, 7) is 3.70. The maximum atomic E-state index is 13.7. The van der Waals surface area contributed by atoms with E-state index in [-0.39, 0.29) is 17.6 Å². The molecule has 1 atom stereocenters. The molecule has 1 fully saturated rings. The second kappa shape index (κ2) is 9.69. The highest BCUT2D eigenvalue weighted by Crippen LogP contribution is 2.25. The molecular formula is C23H29FN2O2. The van der Waals surface area contributed by atoms with E-state index in [2.05, 4.69) is 22.3 Å². The number of nitrogens with one attached hydrogen (secondary N) is 1. The minimum Gasteiger partial charge on any atom is -0.497 e. The third-order valence-electron chi connectivity index (χ3n) is 5.71. The van der Waals surface area contributed by atoms with E-state index < -0.39 is 5.82 Å². The normalized spacial score (nSPS) is 16.5. The van der Waals surface area contributed by atoms with Crippen molar-refractivity contribution >= 4 is 11.6 Å². The van der Waals surface area contributed by atoms with E-state index in [9.17, 15) is 9.18 Å². The molecule has 1 amide bonds. The van der Waals surface area contributed by atoms with Crippen LogP contribution >= 0.6 is 0 Å². The van der Waals surface area contributed by atoms with Crippen molar-refractivity contribution in [3.8, 4) is 5.75 Å². The molecule has 0 aromatic heterocycles. The maximum absolute atomic E-state index is 13.7. The summed E-state index contributed by atoms with van der Waals surface area (Å²) in [5.74, 6) is 1.02. The molecule has 4 nitrogen and oxygen atoms in total. The average molecular weight is 384 g/mol. The molecule has 150 valence electrons. The second-order valence-corrected chi connectivity index (χ2v) is 7.51. The fraction of sp³-hybridized carbons (Fsp3) is 0.435. The third kappa shape index (κ3) is 5.32. The summed E-state index contributed by atoms with van der Waals surface area (Å²) in [6.07, 6.45) is 4.41. The number of piperidine rings is 1. The van der Waals surface area contributed by atoms with Crippen LogP contribution < -0.4 is 10.1 Å². The molecule has 1 saturated heterocycles. The van der Waals surface area contributed by atoms with Gasteiger partial charge in [0.2, 0.25) is 5.91 Å². The van der Waals surface area contributed by atoms with E-state index in [1.54, 1.807) is 25.3 Å². The molecule has 0 saturated carbocycles. The summed E-state index contributed by atoms with van der Waals surface area (Å²) in [7, 11) is 1.68. The number of halogens is 1. The monoisotopic (exact) mass is 384 g/mol. The Balaban J connectivity index is 1.43. The van der Waals surface area contributed by atoms with Crippen LogP contribution in [0.25, 0.3) is 0 Å². The number of amides is 1. The zero-order valence-electron chi connectivity index (χ0n) is 16.7. The van der Waals surface area contributed by atoms with E-state index in [1.807, 2.05) is 19.1 Å². The van der Waals surface area contributed by atoms with Crippen LogP contribution in [0.2, 0.25) is 0 Å². The van der Waals surface area contributed by atoms with Crippen molar-refractivity contribution in [2.24, 2.45) is 5.92 Å². The lowest BCUT2D eigenvalue weighted by Gasteiger charge is -2.35. The Kier molecular flexibility index (Phi) is 7.04. The Labute approximate surface area is 166 Å². The van der Waals surface area contributed by atoms with Crippen molar-refractivity contribution in [3.63, 3.8) is 0 Å². The number of anilines is 1. The Hall–Kier alpha value is -2.40. The maximum Gasteiger partial charge on any atom is 0.241 e. The molecule has 0 aliphatic carbocycles. The minimum atomic E-state index is -0.403. The lowest BCUT2D eigenvalue weighted by atomic mass is 9.90. The summed E-state index contributed by atoms with van der Waals surface area (Å²) in [4.78, 5) is 14.7. The lowest BCUT2D eigenvalue weighted by molar-refractivity contribution is -0.121. The number of carbonyl (C=O) groups is 1. The highest BCUT2D eigenvalue weighted by Gasteiger charge is 2.26. The van der Waals surface area contributed by atoms with E-state index in [4.69, 9.17) is 4.74 Å². The van der Waals surface area contributed by atoms with Gasteiger partial charge in [-0.05, 0) is 81.4 Å². The van der Waals surface area contributed by atoms with Gasteiger partial charge in [-0.25, -0.2) is 4.39 Å². The number of nitrogens with zero attached hydrogens (tertiary/aromatic N) is 1. The minimum absolute atomic E-state index is 0.151. The van der Waals surface area contributed by atoms with Crippen molar-refractivity contribution in [2.45, 2.75) is 38.6 Å². The number of carbonyl (C=O) groups excluding carboxylic acids is 1. The number of hydrogen-bond donors (Lipinski definition) is 1. The number of ether oxygens (including phenoxy) is 1. The van der Waals surface area contributed by atoms with Crippen LogP contribution in [0.4, 0.5) is 10.1 Å². The Morgan fingerprint density at radius 3 is 2.50 bits per heavy atom. The number of aryl methyl sites for hydroxylation is 1. The molecule has 1 aliphatic rings. The first-order chi connectivity index (χ1) is 13.6. The van der Waals surface area contributed by atoms with Crippen molar-refractivity contribution in [1.82, 2.24) is 4.90 Å². The van der Waals surface area contributed by atoms with Crippen LogP contribution in [0.3, 0.4) is 0 Å². The van der Waals surface area contributed by atoms with Gasteiger partial charge in [0.1, 0.15) is 11.6 Å². The van der Waals surface area contributed by atoms with Crippen LogP contribution in [0.15, 0.2) is 48.5 Å². The van der Waals surface area contributed by atoms with Gasteiger partial charge in [-0.15, -0.1) is 0 Å². The molecule has 5 heteroatoms. The van der Waals surface area contributed by atoms with Crippen LogP contribution in [0.5, 0.6) is 5.75 Å². The van der Waals surface area contributed by atoms with Gasteiger partial charge in [0, 0.05) is 0 Å². The first kappa shape index (κ1) is 20.3. The quantitative estimate of drug-likeness (QED) is 0.764. The van der Waals surface area contributed by atoms with Gasteiger partial charge >= 0.3 is 0 Å². The molecule has 0 bridgehead atoms. The standard InChI is InChI=1S/C23H29FN2O2/c1-17(23(27)25-22-6-4-3-5-21(22)24)26-15-13-19(14-16-26)8-7-18-9-11-20(28-2)12-10-18/h3-6,9-12,17,19H,7-8,13-16H2,1-2H3,(H,25,27)/t17-/m1/s1. The largest absolute Gasteiger partial charge is 0.497 e. The zero-order valence-corrected chi connectivity index (χ0v) is 16.7. The number of rotatable bonds is 7. The summed E-state index contributed by atoms with van der Waals surface area (Å²) in [5, 5.41) is 2.71. The first-order valence-electron chi connectivity index (χ1n) is 9.99. The average Bonchev–Trinajstić information content (AvgIpc) is 2.74.